The Kier molecular flexibility index (Phi) is 10.3. The maximum atomic E-state index is 13.4. The number of carbonyl (C=O) groups is 2. The van der Waals surface area contributed by atoms with Gasteiger partial charge in [0, 0.05) is 79.9 Å². The van der Waals surface area contributed by atoms with Gasteiger partial charge in [0.05, 0.1) is 0 Å². The first-order chi connectivity index (χ1) is 20.4. The molecule has 2 heterocycles. The van der Waals surface area contributed by atoms with Crippen LogP contribution in [0.25, 0.3) is 10.9 Å². The minimum absolute atomic E-state index is 0.134. The number of aryl methyl sites for hydroxylation is 2. The fourth-order valence-electron chi connectivity index (χ4n) is 7.12. The number of nitrogens with zero attached hydrogens (tertiary/aromatic N) is 2. The van der Waals surface area contributed by atoms with Gasteiger partial charge in [0.15, 0.2) is 0 Å². The van der Waals surface area contributed by atoms with Crippen molar-refractivity contribution in [2.75, 3.05) is 32.1 Å². The fraction of sp³-hybridized carbons (Fsp3) is 0.543. The van der Waals surface area contributed by atoms with Gasteiger partial charge < -0.3 is 25.3 Å². The van der Waals surface area contributed by atoms with Crippen molar-refractivity contribution in [1.29, 1.82) is 0 Å². The lowest BCUT2D eigenvalue weighted by Gasteiger charge is -2.34. The van der Waals surface area contributed by atoms with Gasteiger partial charge in [-0.1, -0.05) is 49.6 Å². The quantitative estimate of drug-likeness (QED) is 0.269. The van der Waals surface area contributed by atoms with Crippen molar-refractivity contribution in [2.45, 2.75) is 89.6 Å². The summed E-state index contributed by atoms with van der Waals surface area (Å²) in [6, 6.07) is 16.3. The third-order valence-corrected chi connectivity index (χ3v) is 9.30. The number of rotatable bonds is 11. The Hall–Kier alpha value is -3.16. The Bertz CT molecular complexity index is 1340. The summed E-state index contributed by atoms with van der Waals surface area (Å²) in [4.78, 5) is 28.0. The summed E-state index contributed by atoms with van der Waals surface area (Å²) in [5, 5.41) is 4.38. The number of methoxy groups -OCH3 is 1. The summed E-state index contributed by atoms with van der Waals surface area (Å²) in [6.45, 7) is 5.41. The van der Waals surface area contributed by atoms with E-state index in [9.17, 15) is 9.59 Å². The average molecular weight is 573 g/mol. The smallest absolute Gasteiger partial charge is 0.227 e. The predicted octanol–water partition coefficient (Wildman–Crippen LogP) is 6.17. The second-order valence-electron chi connectivity index (χ2n) is 12.4. The number of para-hydroxylation sites is 1. The molecule has 0 bridgehead atoms. The number of likely N-dealkylation sites (tertiary alicyclic amines) is 1. The molecule has 1 aromatic heterocycles. The standard InChI is InChI=1S/C35H48N4O3/c1-25-31-13-6-7-14-32(31)39(20-9-21-42-2)34(25)28-12-8-19-38(24-28)33(40)23-29(36)22-26-15-17-30(18-16-26)37-35(41)27-10-4-3-5-11-27/h6-7,13-18,27-29H,3-5,8-12,19-24,36H2,1-2H3,(H,37,41)/t28?,29-/m1/s1. The highest BCUT2D eigenvalue weighted by Crippen LogP contribution is 2.36. The Balaban J connectivity index is 1.18. The van der Waals surface area contributed by atoms with Crippen LogP contribution in [0.2, 0.25) is 0 Å². The van der Waals surface area contributed by atoms with Crippen molar-refractivity contribution in [3.63, 3.8) is 0 Å². The van der Waals surface area contributed by atoms with Crippen LogP contribution in [0, 0.1) is 12.8 Å². The first kappa shape index (κ1) is 30.3. The van der Waals surface area contributed by atoms with Gasteiger partial charge in [0.25, 0.3) is 0 Å². The highest BCUT2D eigenvalue weighted by Gasteiger charge is 2.30. The Labute approximate surface area is 250 Å². The van der Waals surface area contributed by atoms with E-state index in [-0.39, 0.29) is 23.8 Å². The van der Waals surface area contributed by atoms with E-state index in [0.717, 1.165) is 82.4 Å². The molecule has 1 unspecified atom stereocenters. The van der Waals surface area contributed by atoms with Crippen LogP contribution in [-0.4, -0.2) is 54.1 Å². The van der Waals surface area contributed by atoms with Crippen molar-refractivity contribution in [3.8, 4) is 0 Å². The molecule has 2 aromatic carbocycles. The van der Waals surface area contributed by atoms with Crippen LogP contribution >= 0.6 is 0 Å². The molecule has 7 heteroatoms. The SMILES string of the molecule is COCCCn1c(C2CCCN(C(=O)C[C@H](N)Cc3ccc(NC(=O)C4CCCCC4)cc3)C2)c(C)c2ccccc21. The Morgan fingerprint density at radius 2 is 1.79 bits per heavy atom. The van der Waals surface area contributed by atoms with Crippen molar-refractivity contribution in [3.05, 3.63) is 65.4 Å². The average Bonchev–Trinajstić information content (AvgIpc) is 3.30. The normalized spacial score (nSPS) is 18.7. The van der Waals surface area contributed by atoms with E-state index in [1.807, 2.05) is 29.2 Å². The van der Waals surface area contributed by atoms with Crippen LogP contribution < -0.4 is 11.1 Å². The molecule has 2 atom stereocenters. The van der Waals surface area contributed by atoms with E-state index in [0.29, 0.717) is 18.8 Å². The first-order valence-electron chi connectivity index (χ1n) is 15.9. The van der Waals surface area contributed by atoms with Gasteiger partial charge in [-0.2, -0.15) is 0 Å². The lowest BCUT2D eigenvalue weighted by atomic mass is 9.88. The van der Waals surface area contributed by atoms with Crippen LogP contribution in [0.1, 0.15) is 80.5 Å². The number of nitrogens with one attached hydrogen (secondary N) is 1. The minimum atomic E-state index is -0.247. The van der Waals surface area contributed by atoms with Gasteiger partial charge >= 0.3 is 0 Å². The van der Waals surface area contributed by atoms with Crippen LogP contribution in [0.4, 0.5) is 5.69 Å². The molecular formula is C35H48N4O3. The van der Waals surface area contributed by atoms with E-state index in [1.165, 1.54) is 28.6 Å². The molecular weight excluding hydrogens is 524 g/mol. The molecule has 7 nitrogen and oxygen atoms in total. The fourth-order valence-corrected chi connectivity index (χ4v) is 7.12. The number of fused-ring (bicyclic) bond motifs is 1. The molecule has 3 aromatic rings. The summed E-state index contributed by atoms with van der Waals surface area (Å²) in [5.74, 6) is 0.721. The zero-order valence-electron chi connectivity index (χ0n) is 25.4. The zero-order chi connectivity index (χ0) is 29.5. The molecule has 0 radical (unpaired) electrons. The predicted molar refractivity (Wildman–Crippen MR) is 170 cm³/mol. The summed E-state index contributed by atoms with van der Waals surface area (Å²) < 4.78 is 7.81. The van der Waals surface area contributed by atoms with Gasteiger partial charge in [-0.15, -0.1) is 0 Å². The number of ether oxygens (including phenoxy) is 1. The molecule has 2 amide bonds. The number of hydrogen-bond acceptors (Lipinski definition) is 4. The van der Waals surface area contributed by atoms with Gasteiger partial charge in [0.2, 0.25) is 11.8 Å². The van der Waals surface area contributed by atoms with E-state index in [4.69, 9.17) is 10.5 Å². The van der Waals surface area contributed by atoms with Gasteiger partial charge in [-0.25, -0.2) is 0 Å². The van der Waals surface area contributed by atoms with Crippen LogP contribution in [0.5, 0.6) is 0 Å². The van der Waals surface area contributed by atoms with Crippen molar-refractivity contribution in [2.24, 2.45) is 11.7 Å². The summed E-state index contributed by atoms with van der Waals surface area (Å²) >= 11 is 0. The highest BCUT2D eigenvalue weighted by atomic mass is 16.5. The Morgan fingerprint density at radius 3 is 2.55 bits per heavy atom. The van der Waals surface area contributed by atoms with Crippen molar-refractivity contribution in [1.82, 2.24) is 9.47 Å². The summed E-state index contributed by atoms with van der Waals surface area (Å²) in [7, 11) is 1.75. The molecule has 42 heavy (non-hydrogen) atoms. The van der Waals surface area contributed by atoms with Crippen molar-refractivity contribution >= 4 is 28.4 Å². The monoisotopic (exact) mass is 572 g/mol. The lowest BCUT2D eigenvalue weighted by Crippen LogP contribution is -2.42. The molecule has 0 spiro atoms. The maximum absolute atomic E-state index is 13.4. The third-order valence-electron chi connectivity index (χ3n) is 9.30. The number of carbonyl (C=O) groups excluding carboxylic acids is 2. The minimum Gasteiger partial charge on any atom is -0.385 e. The second kappa shape index (κ2) is 14.3. The number of benzene rings is 2. The molecule has 5 rings (SSSR count). The number of anilines is 1. The molecule has 1 aliphatic carbocycles. The van der Waals surface area contributed by atoms with Crippen molar-refractivity contribution < 1.29 is 14.3 Å². The molecule has 1 saturated carbocycles. The number of aromatic nitrogens is 1. The maximum Gasteiger partial charge on any atom is 0.227 e. The number of hydrogen-bond donors (Lipinski definition) is 2. The zero-order valence-corrected chi connectivity index (χ0v) is 25.4. The summed E-state index contributed by atoms with van der Waals surface area (Å²) in [5.41, 5.74) is 12.4. The molecule has 226 valence electrons. The number of piperidine rings is 1. The largest absolute Gasteiger partial charge is 0.385 e. The number of amides is 2. The molecule has 2 aliphatic rings. The molecule has 1 saturated heterocycles. The summed E-state index contributed by atoms with van der Waals surface area (Å²) in [6.07, 6.45) is 9.51. The highest BCUT2D eigenvalue weighted by molar-refractivity contribution is 5.92. The van der Waals surface area contributed by atoms with Gasteiger partial charge in [0.1, 0.15) is 0 Å². The van der Waals surface area contributed by atoms with Crippen LogP contribution in [0.15, 0.2) is 48.5 Å². The van der Waals surface area contributed by atoms with Gasteiger partial charge in [-0.3, -0.25) is 9.59 Å². The number of nitrogens with two attached hydrogens (primary N) is 1. The van der Waals surface area contributed by atoms with Crippen LogP contribution in [0.3, 0.4) is 0 Å². The van der Waals surface area contributed by atoms with Gasteiger partial charge in [-0.05, 0) is 74.8 Å². The van der Waals surface area contributed by atoms with E-state index < -0.39 is 0 Å². The topological polar surface area (TPSA) is 89.6 Å². The first-order valence-corrected chi connectivity index (χ1v) is 15.9. The lowest BCUT2D eigenvalue weighted by molar-refractivity contribution is -0.132. The van der Waals surface area contributed by atoms with Crippen LogP contribution in [-0.2, 0) is 27.3 Å². The third kappa shape index (κ3) is 7.24. The Morgan fingerprint density at radius 1 is 1.02 bits per heavy atom. The molecule has 3 N–H and O–H groups in total. The van der Waals surface area contributed by atoms with E-state index in [2.05, 4.69) is 41.1 Å². The van der Waals surface area contributed by atoms with E-state index in [1.54, 1.807) is 7.11 Å². The molecule has 1 aliphatic heterocycles. The second-order valence-corrected chi connectivity index (χ2v) is 12.4. The molecule has 2 fully saturated rings. The van der Waals surface area contributed by atoms with E-state index >= 15 is 0 Å².